The monoisotopic (exact) mass is 380 g/mol. The molecule has 1 aromatic carbocycles. The summed E-state index contributed by atoms with van der Waals surface area (Å²) in [5.74, 6) is 1.81. The lowest BCUT2D eigenvalue weighted by Crippen LogP contribution is -2.33. The Balaban J connectivity index is 1.64. The van der Waals surface area contributed by atoms with Gasteiger partial charge < -0.3 is 14.5 Å². The van der Waals surface area contributed by atoms with E-state index < -0.39 is 0 Å². The number of anilines is 1. The van der Waals surface area contributed by atoms with Crippen molar-refractivity contribution < 1.29 is 9.53 Å². The summed E-state index contributed by atoms with van der Waals surface area (Å²) >= 11 is 0. The minimum absolute atomic E-state index is 0.0336. The molecule has 3 rings (SSSR count). The smallest absolute Gasteiger partial charge is 0.239 e. The lowest BCUT2D eigenvalue weighted by atomic mass is 10.1. The van der Waals surface area contributed by atoms with Crippen molar-refractivity contribution in [3.63, 3.8) is 0 Å². The molecule has 0 saturated heterocycles. The predicted octanol–water partition coefficient (Wildman–Crippen LogP) is 2.58. The molecule has 28 heavy (non-hydrogen) atoms. The zero-order chi connectivity index (χ0) is 20.1. The second-order valence-corrected chi connectivity index (χ2v) is 6.61. The van der Waals surface area contributed by atoms with Gasteiger partial charge in [0.1, 0.15) is 5.75 Å². The number of aromatic nitrogens is 4. The number of likely N-dealkylation sites (N-methyl/N-ethyl adjacent to an activating group) is 2. The Hall–Kier alpha value is -3.42. The number of ether oxygens (including phenoxy) is 1. The molecule has 0 aliphatic heterocycles. The van der Waals surface area contributed by atoms with E-state index in [2.05, 4.69) is 15.1 Å². The average Bonchev–Trinajstić information content (AvgIpc) is 3.13. The summed E-state index contributed by atoms with van der Waals surface area (Å²) in [6.07, 6.45) is 7.04. The van der Waals surface area contributed by atoms with Crippen molar-refractivity contribution in [3.8, 4) is 22.8 Å². The van der Waals surface area contributed by atoms with Crippen LogP contribution in [0.5, 0.6) is 11.6 Å². The first kappa shape index (κ1) is 19.3. The van der Waals surface area contributed by atoms with E-state index in [1.807, 2.05) is 55.7 Å². The molecule has 2 heterocycles. The van der Waals surface area contributed by atoms with Crippen molar-refractivity contribution in [2.24, 2.45) is 7.05 Å². The Morgan fingerprint density at radius 2 is 1.82 bits per heavy atom. The minimum atomic E-state index is 0.0336. The highest BCUT2D eigenvalue weighted by Gasteiger charge is 2.09. The first-order valence-electron chi connectivity index (χ1n) is 8.94. The van der Waals surface area contributed by atoms with E-state index in [9.17, 15) is 4.79 Å². The minimum Gasteiger partial charge on any atom is -0.437 e. The van der Waals surface area contributed by atoms with E-state index in [-0.39, 0.29) is 5.91 Å². The molecule has 146 valence electrons. The third kappa shape index (κ3) is 4.85. The zero-order valence-corrected chi connectivity index (χ0v) is 16.5. The molecule has 0 fully saturated rings. The van der Waals surface area contributed by atoms with E-state index >= 15 is 0 Å². The van der Waals surface area contributed by atoms with E-state index in [1.165, 1.54) is 0 Å². The standard InChI is InChI=1S/C20H24N6O2/c1-15(27)24(2)9-10-25(3)19-12-21-13-20(23-19)28-18-7-5-16(6-8-18)17-11-22-26(4)14-17/h5-8,11-14H,9-10H2,1-4H3. The lowest BCUT2D eigenvalue weighted by molar-refractivity contribution is -0.127. The fraction of sp³-hybridized carbons (Fsp3) is 0.300. The van der Waals surface area contributed by atoms with Gasteiger partial charge in [0.05, 0.1) is 18.6 Å². The molecular formula is C20H24N6O2. The van der Waals surface area contributed by atoms with Crippen LogP contribution in [0.2, 0.25) is 0 Å². The van der Waals surface area contributed by atoms with Gasteiger partial charge >= 0.3 is 0 Å². The quantitative estimate of drug-likeness (QED) is 0.627. The van der Waals surface area contributed by atoms with E-state index in [0.29, 0.717) is 30.5 Å². The number of hydrogen-bond donors (Lipinski definition) is 0. The van der Waals surface area contributed by atoms with Crippen molar-refractivity contribution in [1.29, 1.82) is 0 Å². The maximum atomic E-state index is 11.3. The SMILES string of the molecule is CC(=O)N(C)CCN(C)c1cncc(Oc2ccc(-c3cnn(C)c3)cc2)n1. The maximum absolute atomic E-state index is 11.3. The number of aryl methyl sites for hydroxylation is 1. The lowest BCUT2D eigenvalue weighted by Gasteiger charge is -2.22. The van der Waals surface area contributed by atoms with Crippen LogP contribution < -0.4 is 9.64 Å². The molecular weight excluding hydrogens is 356 g/mol. The number of nitrogens with zero attached hydrogens (tertiary/aromatic N) is 6. The fourth-order valence-corrected chi connectivity index (χ4v) is 2.55. The van der Waals surface area contributed by atoms with Crippen molar-refractivity contribution in [2.45, 2.75) is 6.92 Å². The third-order valence-corrected chi connectivity index (χ3v) is 4.41. The second kappa shape index (κ2) is 8.51. The maximum Gasteiger partial charge on any atom is 0.239 e. The molecule has 0 spiro atoms. The van der Waals surface area contributed by atoms with Crippen LogP contribution in [-0.4, -0.2) is 57.7 Å². The highest BCUT2D eigenvalue weighted by molar-refractivity contribution is 5.72. The first-order chi connectivity index (χ1) is 13.4. The average molecular weight is 380 g/mol. The van der Waals surface area contributed by atoms with E-state index in [1.54, 1.807) is 35.9 Å². The molecule has 1 amide bonds. The Labute approximate surface area is 164 Å². The number of hydrogen-bond acceptors (Lipinski definition) is 6. The van der Waals surface area contributed by atoms with Crippen molar-refractivity contribution in [1.82, 2.24) is 24.6 Å². The summed E-state index contributed by atoms with van der Waals surface area (Å²) < 4.78 is 7.61. The van der Waals surface area contributed by atoms with Crippen molar-refractivity contribution >= 4 is 11.7 Å². The van der Waals surface area contributed by atoms with E-state index in [4.69, 9.17) is 4.74 Å². The summed E-state index contributed by atoms with van der Waals surface area (Å²) in [5.41, 5.74) is 2.11. The summed E-state index contributed by atoms with van der Waals surface area (Å²) in [5, 5.41) is 4.19. The fourth-order valence-electron chi connectivity index (χ4n) is 2.55. The third-order valence-electron chi connectivity index (χ3n) is 4.41. The number of carbonyl (C=O) groups excluding carboxylic acids is 1. The molecule has 0 aliphatic carbocycles. The Bertz CT molecular complexity index is 938. The summed E-state index contributed by atoms with van der Waals surface area (Å²) in [6.45, 7) is 2.80. The van der Waals surface area contributed by atoms with Gasteiger partial charge in [0.15, 0.2) is 5.82 Å². The normalized spacial score (nSPS) is 10.6. The molecule has 0 bridgehead atoms. The van der Waals surface area contributed by atoms with Gasteiger partial charge in [-0.3, -0.25) is 14.5 Å². The molecule has 0 unspecified atom stereocenters. The molecule has 0 atom stereocenters. The van der Waals surface area contributed by atoms with Crippen LogP contribution in [0.4, 0.5) is 5.82 Å². The van der Waals surface area contributed by atoms with Crippen LogP contribution >= 0.6 is 0 Å². The van der Waals surface area contributed by atoms with Crippen LogP contribution in [0.3, 0.4) is 0 Å². The van der Waals surface area contributed by atoms with Gasteiger partial charge in [-0.2, -0.15) is 10.1 Å². The molecule has 0 radical (unpaired) electrons. The Morgan fingerprint density at radius 1 is 1.07 bits per heavy atom. The molecule has 3 aromatic rings. The topological polar surface area (TPSA) is 76.4 Å². The van der Waals surface area contributed by atoms with Gasteiger partial charge in [0, 0.05) is 52.9 Å². The Morgan fingerprint density at radius 3 is 2.46 bits per heavy atom. The highest BCUT2D eigenvalue weighted by atomic mass is 16.5. The van der Waals surface area contributed by atoms with E-state index in [0.717, 1.165) is 11.1 Å². The highest BCUT2D eigenvalue weighted by Crippen LogP contribution is 2.25. The molecule has 0 aliphatic rings. The number of amides is 1. The number of benzene rings is 1. The Kier molecular flexibility index (Phi) is 5.88. The van der Waals surface area contributed by atoms with Crippen LogP contribution in [0, 0.1) is 0 Å². The van der Waals surface area contributed by atoms with Crippen LogP contribution in [0.25, 0.3) is 11.1 Å². The number of rotatable bonds is 7. The molecule has 2 aromatic heterocycles. The second-order valence-electron chi connectivity index (χ2n) is 6.61. The zero-order valence-electron chi connectivity index (χ0n) is 16.5. The van der Waals surface area contributed by atoms with Gasteiger partial charge in [-0.05, 0) is 17.7 Å². The van der Waals surface area contributed by atoms with Gasteiger partial charge in [-0.15, -0.1) is 0 Å². The first-order valence-corrected chi connectivity index (χ1v) is 8.94. The van der Waals surface area contributed by atoms with Crippen LogP contribution in [0.15, 0.2) is 49.1 Å². The molecule has 0 N–H and O–H groups in total. The summed E-state index contributed by atoms with van der Waals surface area (Å²) in [4.78, 5) is 23.6. The molecule has 8 nitrogen and oxygen atoms in total. The molecule has 8 heteroatoms. The van der Waals surface area contributed by atoms with Crippen molar-refractivity contribution in [2.75, 3.05) is 32.1 Å². The summed E-state index contributed by atoms with van der Waals surface area (Å²) in [7, 11) is 5.57. The van der Waals surface area contributed by atoms with Gasteiger partial charge in [0.25, 0.3) is 0 Å². The van der Waals surface area contributed by atoms with Crippen molar-refractivity contribution in [3.05, 3.63) is 49.1 Å². The number of carbonyl (C=O) groups is 1. The van der Waals surface area contributed by atoms with Crippen LogP contribution in [0.1, 0.15) is 6.92 Å². The van der Waals surface area contributed by atoms with Gasteiger partial charge in [-0.25, -0.2) is 0 Å². The molecule has 0 saturated carbocycles. The largest absolute Gasteiger partial charge is 0.437 e. The summed E-state index contributed by atoms with van der Waals surface area (Å²) in [6, 6.07) is 7.74. The van der Waals surface area contributed by atoms with Gasteiger partial charge in [-0.1, -0.05) is 12.1 Å². The van der Waals surface area contributed by atoms with Gasteiger partial charge in [0.2, 0.25) is 11.8 Å². The van der Waals surface area contributed by atoms with Crippen LogP contribution in [-0.2, 0) is 11.8 Å². The predicted molar refractivity (Wildman–Crippen MR) is 107 cm³/mol.